The highest BCUT2D eigenvalue weighted by atomic mass is 16.5. The largest absolute Gasteiger partial charge is 0.487 e. The molecule has 3 rings (SSSR count). The van der Waals surface area contributed by atoms with Gasteiger partial charge in [0.05, 0.1) is 0 Å². The second-order valence-corrected chi connectivity index (χ2v) is 8.47. The maximum absolute atomic E-state index is 11.7. The van der Waals surface area contributed by atoms with Crippen molar-refractivity contribution in [3.8, 4) is 11.5 Å². The number of ether oxygens (including phenoxy) is 2. The Morgan fingerprint density at radius 1 is 1.31 bits per heavy atom. The highest BCUT2D eigenvalue weighted by Gasteiger charge is 2.46. The van der Waals surface area contributed by atoms with Crippen LogP contribution in [0.1, 0.15) is 83.8 Å². The molecule has 1 aliphatic carbocycles. The van der Waals surface area contributed by atoms with E-state index in [0.29, 0.717) is 17.6 Å². The molecule has 142 valence electrons. The molecule has 1 heterocycles. The van der Waals surface area contributed by atoms with Crippen LogP contribution in [0.5, 0.6) is 11.5 Å². The lowest BCUT2D eigenvalue weighted by molar-refractivity contribution is -0.132. The molecule has 1 aliphatic heterocycles. The van der Waals surface area contributed by atoms with Gasteiger partial charge in [-0.3, -0.25) is 4.79 Å². The number of carbonyl (C=O) groups is 1. The summed E-state index contributed by atoms with van der Waals surface area (Å²) in [5, 5.41) is 0. The van der Waals surface area contributed by atoms with Gasteiger partial charge in [-0.25, -0.2) is 0 Å². The number of carbonyl (C=O) groups excluding carboxylic acids is 1. The van der Waals surface area contributed by atoms with E-state index in [2.05, 4.69) is 45.9 Å². The quantitative estimate of drug-likeness (QED) is 0.283. The van der Waals surface area contributed by atoms with Crippen molar-refractivity contribution in [2.75, 3.05) is 0 Å². The predicted octanol–water partition coefficient (Wildman–Crippen LogP) is 5.96. The third kappa shape index (κ3) is 3.82. The number of unbranched alkanes of at least 4 members (excludes halogenated alkanes) is 2. The van der Waals surface area contributed by atoms with Crippen molar-refractivity contribution in [3.05, 3.63) is 34.9 Å². The van der Waals surface area contributed by atoms with E-state index in [1.807, 2.05) is 0 Å². The van der Waals surface area contributed by atoms with Crippen LogP contribution in [0.3, 0.4) is 0 Å². The van der Waals surface area contributed by atoms with Crippen molar-refractivity contribution < 1.29 is 14.3 Å². The summed E-state index contributed by atoms with van der Waals surface area (Å²) in [6.45, 7) is 10.3. The van der Waals surface area contributed by atoms with Gasteiger partial charge in [-0.1, -0.05) is 31.4 Å². The van der Waals surface area contributed by atoms with Crippen LogP contribution in [0.2, 0.25) is 0 Å². The summed E-state index contributed by atoms with van der Waals surface area (Å²) >= 11 is 0. The van der Waals surface area contributed by atoms with Gasteiger partial charge in [0.25, 0.3) is 0 Å². The fraction of sp³-hybridized carbons (Fsp3) is 0.609. The standard InChI is InChI=1S/C23H32O3/c1-6-7-8-9-17-13-20(25-16(3)24)22-18-12-15(2)10-11-19(18)23(4,5)26-21(22)14-17/h10,13-14,18-19H,6-9,11-12H2,1-5H3/t18?,19-/m1/s1. The lowest BCUT2D eigenvalue weighted by atomic mass is 9.67. The predicted molar refractivity (Wildman–Crippen MR) is 105 cm³/mol. The number of hydrogen-bond acceptors (Lipinski definition) is 3. The van der Waals surface area contributed by atoms with Crippen LogP contribution in [-0.2, 0) is 11.2 Å². The Balaban J connectivity index is 2.05. The first kappa shape index (κ1) is 19.0. The molecule has 26 heavy (non-hydrogen) atoms. The number of aryl methyl sites for hydroxylation is 1. The molecular weight excluding hydrogens is 324 g/mol. The first-order valence-electron chi connectivity index (χ1n) is 10.0. The van der Waals surface area contributed by atoms with Gasteiger partial charge in [0.1, 0.15) is 17.1 Å². The van der Waals surface area contributed by atoms with Crippen LogP contribution in [0.15, 0.2) is 23.8 Å². The van der Waals surface area contributed by atoms with Gasteiger partial charge in [0.2, 0.25) is 0 Å². The van der Waals surface area contributed by atoms with Gasteiger partial charge in [0.15, 0.2) is 0 Å². The SMILES string of the molecule is CCCCCc1cc(OC(C)=O)c2c(c1)OC(C)(C)[C@@H]1CC=C(C)CC21. The Kier molecular flexibility index (Phi) is 5.45. The van der Waals surface area contributed by atoms with E-state index < -0.39 is 0 Å². The van der Waals surface area contributed by atoms with Crippen molar-refractivity contribution in [2.24, 2.45) is 5.92 Å². The molecule has 0 fully saturated rings. The lowest BCUT2D eigenvalue weighted by Crippen LogP contribution is -2.45. The summed E-state index contributed by atoms with van der Waals surface area (Å²) in [6.07, 6.45) is 8.90. The third-order valence-corrected chi connectivity index (χ3v) is 5.87. The Bertz CT molecular complexity index is 714. The zero-order chi connectivity index (χ0) is 18.9. The van der Waals surface area contributed by atoms with E-state index >= 15 is 0 Å². The van der Waals surface area contributed by atoms with Crippen LogP contribution in [0, 0.1) is 5.92 Å². The Morgan fingerprint density at radius 2 is 2.08 bits per heavy atom. The van der Waals surface area contributed by atoms with Crippen molar-refractivity contribution in [2.45, 2.75) is 84.7 Å². The summed E-state index contributed by atoms with van der Waals surface area (Å²) in [4.78, 5) is 11.7. The maximum atomic E-state index is 11.7. The molecular formula is C23H32O3. The minimum absolute atomic E-state index is 0.218. The summed E-state index contributed by atoms with van der Waals surface area (Å²) in [5.74, 6) is 2.11. The molecule has 2 atom stereocenters. The summed E-state index contributed by atoms with van der Waals surface area (Å²) in [6, 6.07) is 4.26. The number of hydrogen-bond donors (Lipinski definition) is 0. The van der Waals surface area contributed by atoms with Crippen molar-refractivity contribution in [1.82, 2.24) is 0 Å². The summed E-state index contributed by atoms with van der Waals surface area (Å²) in [5.41, 5.74) is 3.49. The average molecular weight is 357 g/mol. The van der Waals surface area contributed by atoms with Crippen LogP contribution < -0.4 is 9.47 Å². The molecule has 0 saturated carbocycles. The Labute approximate surface area is 157 Å². The average Bonchev–Trinajstić information content (AvgIpc) is 2.53. The number of esters is 1. The molecule has 0 N–H and O–H groups in total. The van der Waals surface area contributed by atoms with Crippen LogP contribution in [-0.4, -0.2) is 11.6 Å². The highest BCUT2D eigenvalue weighted by molar-refractivity contribution is 5.71. The monoisotopic (exact) mass is 356 g/mol. The molecule has 0 radical (unpaired) electrons. The molecule has 1 aromatic rings. The van der Waals surface area contributed by atoms with Crippen molar-refractivity contribution in [1.29, 1.82) is 0 Å². The van der Waals surface area contributed by atoms with E-state index in [1.165, 1.54) is 30.9 Å². The lowest BCUT2D eigenvalue weighted by Gasteiger charge is -2.47. The van der Waals surface area contributed by atoms with Crippen LogP contribution in [0.25, 0.3) is 0 Å². The van der Waals surface area contributed by atoms with Crippen LogP contribution in [0.4, 0.5) is 0 Å². The molecule has 3 nitrogen and oxygen atoms in total. The minimum Gasteiger partial charge on any atom is -0.487 e. The molecule has 0 bridgehead atoms. The second-order valence-electron chi connectivity index (χ2n) is 8.47. The van der Waals surface area contributed by atoms with Gasteiger partial charge >= 0.3 is 5.97 Å². The van der Waals surface area contributed by atoms with E-state index in [-0.39, 0.29) is 11.6 Å². The molecule has 0 aromatic heterocycles. The number of rotatable bonds is 5. The third-order valence-electron chi connectivity index (χ3n) is 5.87. The zero-order valence-corrected chi connectivity index (χ0v) is 16.9. The smallest absolute Gasteiger partial charge is 0.308 e. The van der Waals surface area contributed by atoms with Crippen molar-refractivity contribution in [3.63, 3.8) is 0 Å². The first-order valence-corrected chi connectivity index (χ1v) is 10.0. The van der Waals surface area contributed by atoms with Gasteiger partial charge in [-0.15, -0.1) is 0 Å². The number of allylic oxidation sites excluding steroid dienone is 2. The fourth-order valence-electron chi connectivity index (χ4n) is 4.56. The fourth-order valence-corrected chi connectivity index (χ4v) is 4.56. The normalized spacial score (nSPS) is 23.3. The molecule has 1 unspecified atom stereocenters. The number of benzene rings is 1. The zero-order valence-electron chi connectivity index (χ0n) is 16.9. The molecule has 0 spiro atoms. The van der Waals surface area contributed by atoms with Crippen LogP contribution >= 0.6 is 0 Å². The Hall–Kier alpha value is -1.77. The molecule has 1 aromatic carbocycles. The molecule has 2 aliphatic rings. The topological polar surface area (TPSA) is 35.5 Å². The van der Waals surface area contributed by atoms with Crippen molar-refractivity contribution >= 4 is 5.97 Å². The van der Waals surface area contributed by atoms with E-state index in [0.717, 1.165) is 37.0 Å². The minimum atomic E-state index is -0.262. The summed E-state index contributed by atoms with van der Waals surface area (Å²) < 4.78 is 12.1. The summed E-state index contributed by atoms with van der Waals surface area (Å²) in [7, 11) is 0. The molecule has 0 amide bonds. The molecule has 0 saturated heterocycles. The van der Waals surface area contributed by atoms with Gasteiger partial charge in [0, 0.05) is 24.3 Å². The Morgan fingerprint density at radius 3 is 2.77 bits per heavy atom. The van der Waals surface area contributed by atoms with Gasteiger partial charge in [-0.2, -0.15) is 0 Å². The maximum Gasteiger partial charge on any atom is 0.308 e. The molecule has 3 heteroatoms. The second kappa shape index (κ2) is 7.46. The van der Waals surface area contributed by atoms with Gasteiger partial charge < -0.3 is 9.47 Å². The van der Waals surface area contributed by atoms with E-state index in [1.54, 1.807) is 0 Å². The van der Waals surface area contributed by atoms with E-state index in [9.17, 15) is 4.79 Å². The van der Waals surface area contributed by atoms with Gasteiger partial charge in [-0.05, 0) is 64.2 Å². The highest BCUT2D eigenvalue weighted by Crippen LogP contribution is 2.54. The van der Waals surface area contributed by atoms with E-state index in [4.69, 9.17) is 9.47 Å². The number of fused-ring (bicyclic) bond motifs is 3. The first-order chi connectivity index (χ1) is 12.3.